The summed E-state index contributed by atoms with van der Waals surface area (Å²) in [5, 5.41) is 0. The van der Waals surface area contributed by atoms with E-state index in [2.05, 4.69) is 129 Å². The highest BCUT2D eigenvalue weighted by molar-refractivity contribution is 5.16. The van der Waals surface area contributed by atoms with Crippen molar-refractivity contribution in [1.82, 2.24) is 0 Å². The van der Waals surface area contributed by atoms with Crippen LogP contribution in [0.3, 0.4) is 0 Å². The highest BCUT2D eigenvalue weighted by Gasteiger charge is 2.06. The normalized spacial score (nSPS) is 14.6. The van der Waals surface area contributed by atoms with E-state index in [0.29, 0.717) is 11.8 Å². The first-order valence-electron chi connectivity index (χ1n) is 19.3. The van der Waals surface area contributed by atoms with Gasteiger partial charge < -0.3 is 11.5 Å². The maximum Gasteiger partial charge on any atom is 0.00372 e. The molecule has 0 heterocycles. The third-order valence-electron chi connectivity index (χ3n) is 8.34. The van der Waals surface area contributed by atoms with Crippen LogP contribution in [0.4, 0.5) is 0 Å². The SMILES string of the molecule is C=CCC/C=C/C/C=C/CC(C/C=C/C/C=C/CCC(=C)/C=C\C/C=C/C/C=C/CC(C/C=C/C/C=C/CCC)CCN)CC/C(N)=C/C. The Bertz CT molecular complexity index is 1090. The van der Waals surface area contributed by atoms with Crippen LogP contribution in [0.5, 0.6) is 0 Å². The topological polar surface area (TPSA) is 52.0 Å². The number of allylic oxidation sites excluding steroid dienone is 22. The lowest BCUT2D eigenvalue weighted by atomic mass is 9.94. The molecule has 2 atom stereocenters. The van der Waals surface area contributed by atoms with E-state index in [1.807, 2.05) is 19.1 Å². The Balaban J connectivity index is 4.25. The van der Waals surface area contributed by atoms with E-state index < -0.39 is 0 Å². The number of nitrogens with two attached hydrogens (primary N) is 2. The highest BCUT2D eigenvalue weighted by atomic mass is 14.6. The van der Waals surface area contributed by atoms with Crippen LogP contribution >= 0.6 is 0 Å². The molecule has 2 unspecified atom stereocenters. The summed E-state index contributed by atoms with van der Waals surface area (Å²) < 4.78 is 0. The largest absolute Gasteiger partial charge is 0.402 e. The number of hydrogen-bond acceptors (Lipinski definition) is 2. The van der Waals surface area contributed by atoms with E-state index in [1.54, 1.807) is 0 Å². The van der Waals surface area contributed by atoms with Gasteiger partial charge in [0.15, 0.2) is 0 Å². The summed E-state index contributed by atoms with van der Waals surface area (Å²) >= 11 is 0. The second kappa shape index (κ2) is 37.5. The third-order valence-corrected chi connectivity index (χ3v) is 8.34. The zero-order chi connectivity index (χ0) is 35.9. The molecule has 0 fully saturated rings. The molecule has 49 heavy (non-hydrogen) atoms. The summed E-state index contributed by atoms with van der Waals surface area (Å²) in [6, 6.07) is 0. The molecule has 0 spiro atoms. The van der Waals surface area contributed by atoms with Crippen LogP contribution in [0.25, 0.3) is 0 Å². The second-order valence-corrected chi connectivity index (χ2v) is 12.9. The van der Waals surface area contributed by atoms with Gasteiger partial charge in [-0.05, 0) is 134 Å². The second-order valence-electron chi connectivity index (χ2n) is 12.9. The van der Waals surface area contributed by atoms with E-state index in [9.17, 15) is 0 Å². The fourth-order valence-corrected chi connectivity index (χ4v) is 5.15. The molecule has 4 N–H and O–H groups in total. The van der Waals surface area contributed by atoms with E-state index in [-0.39, 0.29) is 0 Å². The van der Waals surface area contributed by atoms with Crippen molar-refractivity contribution in [3.8, 4) is 0 Å². The summed E-state index contributed by atoms with van der Waals surface area (Å²) in [5.74, 6) is 1.27. The van der Waals surface area contributed by atoms with Gasteiger partial charge in [-0.3, -0.25) is 0 Å². The number of rotatable bonds is 32. The lowest BCUT2D eigenvalue weighted by Gasteiger charge is -2.13. The fraction of sp³-hybridized carbons (Fsp3) is 0.489. The van der Waals surface area contributed by atoms with Crippen molar-refractivity contribution in [2.24, 2.45) is 23.3 Å². The molecule has 0 saturated carbocycles. The first kappa shape index (κ1) is 45.6. The Morgan fingerprint density at radius 2 is 1.00 bits per heavy atom. The Morgan fingerprint density at radius 3 is 1.49 bits per heavy atom. The van der Waals surface area contributed by atoms with Crippen molar-refractivity contribution in [1.29, 1.82) is 0 Å². The van der Waals surface area contributed by atoms with Crippen LogP contribution in [0.15, 0.2) is 146 Å². The van der Waals surface area contributed by atoms with Gasteiger partial charge in [0, 0.05) is 5.70 Å². The van der Waals surface area contributed by atoms with Crippen molar-refractivity contribution in [3.05, 3.63) is 146 Å². The Labute approximate surface area is 304 Å². The van der Waals surface area contributed by atoms with Gasteiger partial charge in [0.1, 0.15) is 0 Å². The lowest BCUT2D eigenvalue weighted by molar-refractivity contribution is 0.495. The first-order chi connectivity index (χ1) is 24.1. The van der Waals surface area contributed by atoms with Crippen LogP contribution in [-0.4, -0.2) is 6.54 Å². The Hall–Kier alpha value is -3.36. The maximum absolute atomic E-state index is 6.08. The maximum atomic E-state index is 6.08. The molecular formula is C47H74N2. The highest BCUT2D eigenvalue weighted by Crippen LogP contribution is 2.20. The van der Waals surface area contributed by atoms with E-state index in [0.717, 1.165) is 115 Å². The minimum atomic E-state index is 0.626. The van der Waals surface area contributed by atoms with E-state index in [1.165, 1.54) is 18.4 Å². The monoisotopic (exact) mass is 667 g/mol. The summed E-state index contributed by atoms with van der Waals surface area (Å²) in [6.07, 6.45) is 64.1. The summed E-state index contributed by atoms with van der Waals surface area (Å²) in [5.41, 5.74) is 14.1. The molecule has 0 amide bonds. The predicted octanol–water partition coefficient (Wildman–Crippen LogP) is 13.8. The van der Waals surface area contributed by atoms with Gasteiger partial charge >= 0.3 is 0 Å². The average molecular weight is 667 g/mol. The molecule has 0 aromatic heterocycles. The number of unbranched alkanes of at least 4 members (excludes halogenated alkanes) is 2. The molecule has 0 aliphatic carbocycles. The molecule has 0 aliphatic heterocycles. The quantitative estimate of drug-likeness (QED) is 0.0426. The van der Waals surface area contributed by atoms with E-state index >= 15 is 0 Å². The van der Waals surface area contributed by atoms with Gasteiger partial charge in [-0.2, -0.15) is 0 Å². The molecule has 2 nitrogen and oxygen atoms in total. The minimum Gasteiger partial charge on any atom is -0.402 e. The Morgan fingerprint density at radius 1 is 0.551 bits per heavy atom. The minimum absolute atomic E-state index is 0.626. The van der Waals surface area contributed by atoms with Crippen LogP contribution in [0, 0.1) is 11.8 Å². The molecule has 0 rings (SSSR count). The van der Waals surface area contributed by atoms with Gasteiger partial charge in [0.25, 0.3) is 0 Å². The molecule has 0 bridgehead atoms. The summed E-state index contributed by atoms with van der Waals surface area (Å²) in [6.45, 7) is 13.0. The zero-order valence-corrected chi connectivity index (χ0v) is 31.7. The van der Waals surface area contributed by atoms with Crippen LogP contribution < -0.4 is 11.5 Å². The molecule has 272 valence electrons. The molecule has 0 radical (unpaired) electrons. The third kappa shape index (κ3) is 34.3. The molecule has 0 saturated heterocycles. The van der Waals surface area contributed by atoms with Gasteiger partial charge in [0.05, 0.1) is 0 Å². The summed E-state index contributed by atoms with van der Waals surface area (Å²) in [4.78, 5) is 0. The Kier molecular flexibility index (Phi) is 34.9. The molecular weight excluding hydrogens is 593 g/mol. The molecule has 0 aliphatic rings. The van der Waals surface area contributed by atoms with Gasteiger partial charge in [-0.1, -0.05) is 147 Å². The van der Waals surface area contributed by atoms with Crippen molar-refractivity contribution >= 4 is 0 Å². The average Bonchev–Trinajstić information content (AvgIpc) is 3.10. The van der Waals surface area contributed by atoms with E-state index in [4.69, 9.17) is 11.5 Å². The first-order valence-corrected chi connectivity index (χ1v) is 19.3. The van der Waals surface area contributed by atoms with Gasteiger partial charge in [-0.25, -0.2) is 0 Å². The molecule has 0 aromatic rings. The van der Waals surface area contributed by atoms with Crippen LogP contribution in [-0.2, 0) is 0 Å². The van der Waals surface area contributed by atoms with Crippen LogP contribution in [0.1, 0.15) is 129 Å². The van der Waals surface area contributed by atoms with Crippen molar-refractivity contribution in [2.75, 3.05) is 6.54 Å². The lowest BCUT2D eigenvalue weighted by Crippen LogP contribution is -2.07. The molecule has 2 heteroatoms. The number of hydrogen-bond donors (Lipinski definition) is 2. The summed E-state index contributed by atoms with van der Waals surface area (Å²) in [7, 11) is 0. The fourth-order valence-electron chi connectivity index (χ4n) is 5.15. The van der Waals surface area contributed by atoms with Crippen molar-refractivity contribution < 1.29 is 0 Å². The van der Waals surface area contributed by atoms with Gasteiger partial charge in [-0.15, -0.1) is 6.58 Å². The van der Waals surface area contributed by atoms with Crippen molar-refractivity contribution in [3.63, 3.8) is 0 Å². The van der Waals surface area contributed by atoms with Gasteiger partial charge in [0.2, 0.25) is 0 Å². The van der Waals surface area contributed by atoms with Crippen LogP contribution in [0.2, 0.25) is 0 Å². The molecule has 0 aromatic carbocycles. The standard InChI is InChI=1S/C47H74N2/c1-5-8-10-12-14-18-25-30-36-45(40-41-47(49)7-3)37-31-27-21-20-23-29-35-44(4)34-28-22-17-15-19-26-33-39-46(42-43-48)38-32-24-16-13-11-9-6-2/h5,7,11-15,17,20,23-28,30-34,45-46H,1,4,6,8-10,16,18-19,21-22,29,35-43,48-49H2,2-3H3/b13-11+,14-12+,17-15+,23-20+,30-25+,31-27+,32-24+,33-26+,34-28-,47-7-. The smallest absolute Gasteiger partial charge is 0.00372 e. The van der Waals surface area contributed by atoms with Crippen molar-refractivity contribution in [2.45, 2.75) is 129 Å². The zero-order valence-electron chi connectivity index (χ0n) is 31.7. The predicted molar refractivity (Wildman–Crippen MR) is 224 cm³/mol.